The molecule has 0 aliphatic carbocycles. The molecule has 190 valence electrons. The van der Waals surface area contributed by atoms with Gasteiger partial charge in [0.15, 0.2) is 0 Å². The maximum absolute atomic E-state index is 12.7. The van der Waals surface area contributed by atoms with Gasteiger partial charge in [0, 0.05) is 35.1 Å². The van der Waals surface area contributed by atoms with Gasteiger partial charge in [0.25, 0.3) is 0 Å². The van der Waals surface area contributed by atoms with Crippen LogP contribution < -0.4 is 5.32 Å². The summed E-state index contributed by atoms with van der Waals surface area (Å²) in [5, 5.41) is 5.16. The number of thioether (sulfide) groups is 1. The van der Waals surface area contributed by atoms with E-state index in [9.17, 15) is 4.79 Å². The normalized spacial score (nSPS) is 19.9. The molecule has 2 heterocycles. The topological polar surface area (TPSA) is 41.6 Å². The van der Waals surface area contributed by atoms with E-state index in [1.807, 2.05) is 57.8 Å². The second-order valence-corrected chi connectivity index (χ2v) is 12.9. The van der Waals surface area contributed by atoms with Gasteiger partial charge in [0.2, 0.25) is 0 Å². The Labute approximate surface area is 224 Å². The summed E-state index contributed by atoms with van der Waals surface area (Å²) in [5.41, 5.74) is 2.31. The lowest BCUT2D eigenvalue weighted by molar-refractivity contribution is 0.0286. The van der Waals surface area contributed by atoms with Gasteiger partial charge in [-0.25, -0.2) is 4.79 Å². The number of halogens is 2. The van der Waals surface area contributed by atoms with Crippen molar-refractivity contribution in [3.63, 3.8) is 0 Å². The molecule has 7 heteroatoms. The third kappa shape index (κ3) is 6.12. The number of carbonyl (C=O) groups is 1. The third-order valence-electron chi connectivity index (χ3n) is 7.20. The molecule has 1 N–H and O–H groups in total. The molecule has 2 aromatic rings. The van der Waals surface area contributed by atoms with Crippen LogP contribution in [-0.2, 0) is 10.2 Å². The molecule has 4 nitrogen and oxygen atoms in total. The van der Waals surface area contributed by atoms with Gasteiger partial charge in [0.1, 0.15) is 5.60 Å². The van der Waals surface area contributed by atoms with Crippen molar-refractivity contribution in [1.82, 2.24) is 10.2 Å². The molecule has 1 amide bonds. The van der Waals surface area contributed by atoms with Crippen LogP contribution in [0.4, 0.5) is 4.79 Å². The number of nitrogens with one attached hydrogen (secondary N) is 1. The number of rotatable bonds is 6. The fourth-order valence-corrected chi connectivity index (χ4v) is 7.46. The van der Waals surface area contributed by atoms with Crippen LogP contribution in [0.3, 0.4) is 0 Å². The molecule has 0 radical (unpaired) electrons. The van der Waals surface area contributed by atoms with Crippen LogP contribution in [0.5, 0.6) is 0 Å². The highest BCUT2D eigenvalue weighted by molar-refractivity contribution is 8.00. The SMILES string of the molecule is CN(C[C@@H](CCC1Sc2ccccc2C12CCNCC2)c1ccc(Cl)c(Cl)c1)C(=O)OC(C)(C)C. The first-order valence-electron chi connectivity index (χ1n) is 12.4. The van der Waals surface area contributed by atoms with E-state index in [2.05, 4.69) is 29.6 Å². The summed E-state index contributed by atoms with van der Waals surface area (Å²) in [5.74, 6) is 0.130. The fourth-order valence-electron chi connectivity index (χ4n) is 5.45. The van der Waals surface area contributed by atoms with Crippen LogP contribution >= 0.6 is 35.0 Å². The highest BCUT2D eigenvalue weighted by atomic mass is 35.5. The molecule has 0 aromatic heterocycles. The first-order chi connectivity index (χ1) is 16.6. The zero-order valence-electron chi connectivity index (χ0n) is 21.1. The van der Waals surface area contributed by atoms with E-state index in [1.54, 1.807) is 4.90 Å². The number of piperidine rings is 1. The quantitative estimate of drug-likeness (QED) is 0.416. The fraction of sp³-hybridized carbons (Fsp3) is 0.536. The van der Waals surface area contributed by atoms with Crippen molar-refractivity contribution < 1.29 is 9.53 Å². The van der Waals surface area contributed by atoms with Crippen molar-refractivity contribution in [2.45, 2.75) is 73.5 Å². The zero-order chi connectivity index (χ0) is 25.2. The Bertz CT molecular complexity index is 1050. The lowest BCUT2D eigenvalue weighted by Crippen LogP contribution is -2.44. The van der Waals surface area contributed by atoms with E-state index >= 15 is 0 Å². The molecule has 2 atom stereocenters. The number of benzene rings is 2. The molecule has 1 unspecified atom stereocenters. The van der Waals surface area contributed by atoms with Crippen LogP contribution in [0.25, 0.3) is 0 Å². The number of ether oxygens (including phenoxy) is 1. The summed E-state index contributed by atoms with van der Waals surface area (Å²) in [6.45, 7) is 8.35. The monoisotopic (exact) mass is 534 g/mol. The van der Waals surface area contributed by atoms with Crippen molar-refractivity contribution in [3.05, 3.63) is 63.6 Å². The highest BCUT2D eigenvalue weighted by Crippen LogP contribution is 2.55. The van der Waals surface area contributed by atoms with Gasteiger partial charge < -0.3 is 15.0 Å². The van der Waals surface area contributed by atoms with Gasteiger partial charge in [-0.15, -0.1) is 11.8 Å². The van der Waals surface area contributed by atoms with E-state index in [0.29, 0.717) is 21.8 Å². The zero-order valence-corrected chi connectivity index (χ0v) is 23.4. The molecule has 2 aliphatic rings. The first-order valence-corrected chi connectivity index (χ1v) is 14.1. The number of nitrogens with zero attached hydrogens (tertiary/aromatic N) is 1. The van der Waals surface area contributed by atoms with Crippen molar-refractivity contribution in [2.24, 2.45) is 0 Å². The van der Waals surface area contributed by atoms with Gasteiger partial charge >= 0.3 is 6.09 Å². The minimum absolute atomic E-state index is 0.130. The number of carbonyl (C=O) groups excluding carboxylic acids is 1. The van der Waals surface area contributed by atoms with Gasteiger partial charge in [-0.2, -0.15) is 0 Å². The average Bonchev–Trinajstić information content (AvgIpc) is 3.10. The number of hydrogen-bond donors (Lipinski definition) is 1. The lowest BCUT2D eigenvalue weighted by Gasteiger charge is -2.40. The lowest BCUT2D eigenvalue weighted by atomic mass is 9.69. The van der Waals surface area contributed by atoms with Gasteiger partial charge in [-0.3, -0.25) is 0 Å². The number of likely N-dealkylation sites (N-methyl/N-ethyl adjacent to an activating group) is 1. The van der Waals surface area contributed by atoms with Crippen LogP contribution in [0, 0.1) is 0 Å². The minimum atomic E-state index is -0.530. The number of amides is 1. The maximum atomic E-state index is 12.7. The minimum Gasteiger partial charge on any atom is -0.444 e. The summed E-state index contributed by atoms with van der Waals surface area (Å²) in [4.78, 5) is 15.9. The predicted molar refractivity (Wildman–Crippen MR) is 147 cm³/mol. The van der Waals surface area contributed by atoms with Crippen LogP contribution in [0.15, 0.2) is 47.4 Å². The Morgan fingerprint density at radius 1 is 1.17 bits per heavy atom. The van der Waals surface area contributed by atoms with Crippen molar-refractivity contribution >= 4 is 41.1 Å². The Morgan fingerprint density at radius 3 is 2.57 bits per heavy atom. The van der Waals surface area contributed by atoms with Crippen LogP contribution in [0.2, 0.25) is 10.0 Å². The molecule has 1 saturated heterocycles. The Kier molecular flexibility index (Phi) is 8.32. The second kappa shape index (κ2) is 10.9. The van der Waals surface area contributed by atoms with Crippen molar-refractivity contribution in [1.29, 1.82) is 0 Å². The summed E-state index contributed by atoms with van der Waals surface area (Å²) >= 11 is 14.7. The van der Waals surface area contributed by atoms with Crippen LogP contribution in [-0.4, -0.2) is 48.5 Å². The molecular formula is C28H36Cl2N2O2S. The predicted octanol–water partition coefficient (Wildman–Crippen LogP) is 7.52. The van der Waals surface area contributed by atoms with Crippen molar-refractivity contribution in [3.8, 4) is 0 Å². The Balaban J connectivity index is 1.55. The van der Waals surface area contributed by atoms with Gasteiger partial charge in [-0.1, -0.05) is 47.5 Å². The molecule has 2 aliphatic heterocycles. The van der Waals surface area contributed by atoms with E-state index in [4.69, 9.17) is 27.9 Å². The summed E-state index contributed by atoms with van der Waals surface area (Å²) in [6, 6.07) is 14.8. The molecule has 1 spiro atoms. The standard InChI is InChI=1S/C28H36Cl2N2O2S/c1-27(2,3)34-26(33)32(4)18-20(19-9-11-22(29)23(30)17-19)10-12-25-28(13-15-31-16-14-28)21-7-5-6-8-24(21)35-25/h5-9,11,17,20,25,31H,10,12-16,18H2,1-4H3/t20-,25?/m1/s1. The third-order valence-corrected chi connectivity index (χ3v) is 9.52. The van der Waals surface area contributed by atoms with E-state index in [1.165, 1.54) is 10.5 Å². The van der Waals surface area contributed by atoms with E-state index < -0.39 is 5.60 Å². The number of hydrogen-bond acceptors (Lipinski definition) is 4. The Hall–Kier alpha value is -1.40. The second-order valence-electron chi connectivity index (χ2n) is 10.8. The largest absolute Gasteiger partial charge is 0.444 e. The van der Waals surface area contributed by atoms with Crippen molar-refractivity contribution in [2.75, 3.05) is 26.7 Å². The molecule has 0 saturated carbocycles. The Morgan fingerprint density at radius 2 is 1.89 bits per heavy atom. The average molecular weight is 536 g/mol. The van der Waals surface area contributed by atoms with E-state index in [-0.39, 0.29) is 17.4 Å². The maximum Gasteiger partial charge on any atom is 0.410 e. The molecule has 1 fully saturated rings. The molecule has 35 heavy (non-hydrogen) atoms. The molecule has 2 aromatic carbocycles. The molecule has 0 bridgehead atoms. The van der Waals surface area contributed by atoms with Gasteiger partial charge in [-0.05, 0) is 88.9 Å². The van der Waals surface area contributed by atoms with Gasteiger partial charge in [0.05, 0.1) is 10.0 Å². The highest BCUT2D eigenvalue weighted by Gasteiger charge is 2.47. The summed E-state index contributed by atoms with van der Waals surface area (Å²) in [7, 11) is 1.81. The summed E-state index contributed by atoms with van der Waals surface area (Å²) < 4.78 is 5.62. The van der Waals surface area contributed by atoms with E-state index in [0.717, 1.165) is 44.3 Å². The summed E-state index contributed by atoms with van der Waals surface area (Å²) in [6.07, 6.45) is 4.03. The molecular weight excluding hydrogens is 499 g/mol. The smallest absolute Gasteiger partial charge is 0.410 e. The number of fused-ring (bicyclic) bond motifs is 2. The van der Waals surface area contributed by atoms with Crippen LogP contribution in [0.1, 0.15) is 63.5 Å². The first kappa shape index (κ1) is 26.7. The molecule has 4 rings (SSSR count).